The van der Waals surface area contributed by atoms with Crippen LogP contribution in [0.5, 0.6) is 0 Å². The summed E-state index contributed by atoms with van der Waals surface area (Å²) in [4.78, 5) is 10.4. The van der Waals surface area contributed by atoms with Crippen molar-refractivity contribution in [3.8, 4) is 0 Å². The summed E-state index contributed by atoms with van der Waals surface area (Å²) in [6.45, 7) is 4.83. The van der Waals surface area contributed by atoms with E-state index in [0.717, 1.165) is 0 Å². The quantitative estimate of drug-likeness (QED) is 0.616. The van der Waals surface area contributed by atoms with Crippen molar-refractivity contribution in [2.24, 2.45) is 5.41 Å². The lowest BCUT2D eigenvalue weighted by Gasteiger charge is -2.21. The summed E-state index contributed by atoms with van der Waals surface area (Å²) < 4.78 is 0. The average Bonchev–Trinajstić information content (AvgIpc) is 2.30. The van der Waals surface area contributed by atoms with Crippen LogP contribution in [-0.2, 0) is 6.54 Å². The molecule has 0 fully saturated rings. The van der Waals surface area contributed by atoms with Gasteiger partial charge >= 0.3 is 0 Å². The molecule has 0 aliphatic rings. The number of halogens is 1. The molecule has 0 amide bonds. The summed E-state index contributed by atoms with van der Waals surface area (Å²) in [5.41, 5.74) is 0.344. The molecule has 0 spiro atoms. The molecule has 1 rings (SSSR count). The molecule has 5 nitrogen and oxygen atoms in total. The molecule has 0 aromatic heterocycles. The van der Waals surface area contributed by atoms with Crippen molar-refractivity contribution in [1.29, 1.82) is 0 Å². The molecule has 0 unspecified atom stereocenters. The van der Waals surface area contributed by atoms with Crippen molar-refractivity contribution in [3.63, 3.8) is 0 Å². The Kier molecular flexibility index (Phi) is 5.07. The van der Waals surface area contributed by atoms with Gasteiger partial charge in [0.15, 0.2) is 0 Å². The van der Waals surface area contributed by atoms with E-state index in [1.807, 2.05) is 13.8 Å². The second kappa shape index (κ2) is 6.13. The first-order chi connectivity index (χ1) is 8.35. The SMILES string of the molecule is CC(C)(CO)CNCc1ccc(Cl)cc1[N+](=O)[O-]. The third kappa shape index (κ3) is 4.25. The minimum Gasteiger partial charge on any atom is -0.396 e. The van der Waals surface area contributed by atoms with E-state index in [1.54, 1.807) is 12.1 Å². The molecular formula is C12H17ClN2O3. The molecule has 1 aromatic rings. The molecule has 0 bridgehead atoms. The van der Waals surface area contributed by atoms with E-state index in [1.165, 1.54) is 6.07 Å². The Hall–Kier alpha value is -1.17. The summed E-state index contributed by atoms with van der Waals surface area (Å²) in [6, 6.07) is 4.61. The van der Waals surface area contributed by atoms with E-state index >= 15 is 0 Å². The number of hydrogen-bond donors (Lipinski definition) is 2. The number of nitrogens with one attached hydrogen (secondary N) is 1. The molecule has 2 N–H and O–H groups in total. The first kappa shape index (κ1) is 14.9. The molecule has 0 aliphatic carbocycles. The van der Waals surface area contributed by atoms with E-state index < -0.39 is 4.92 Å². The van der Waals surface area contributed by atoms with Gasteiger partial charge in [-0.1, -0.05) is 25.4 Å². The highest BCUT2D eigenvalue weighted by Gasteiger charge is 2.18. The van der Waals surface area contributed by atoms with Crippen LogP contribution < -0.4 is 5.32 Å². The molecule has 1 aromatic carbocycles. The zero-order valence-corrected chi connectivity index (χ0v) is 11.2. The van der Waals surface area contributed by atoms with Crippen molar-refractivity contribution in [3.05, 3.63) is 38.9 Å². The number of nitro benzene ring substituents is 1. The maximum absolute atomic E-state index is 10.9. The van der Waals surface area contributed by atoms with Crippen molar-refractivity contribution in [1.82, 2.24) is 5.32 Å². The van der Waals surface area contributed by atoms with Crippen LogP contribution in [0.3, 0.4) is 0 Å². The predicted molar refractivity (Wildman–Crippen MR) is 70.7 cm³/mol. The molecular weight excluding hydrogens is 256 g/mol. The molecule has 0 heterocycles. The van der Waals surface area contributed by atoms with Crippen molar-refractivity contribution in [2.45, 2.75) is 20.4 Å². The van der Waals surface area contributed by atoms with Gasteiger partial charge in [-0.2, -0.15) is 0 Å². The molecule has 6 heteroatoms. The highest BCUT2D eigenvalue weighted by molar-refractivity contribution is 6.30. The minimum absolute atomic E-state index is 0.0109. The van der Waals surface area contributed by atoms with Crippen LogP contribution in [0.2, 0.25) is 5.02 Å². The van der Waals surface area contributed by atoms with E-state index in [-0.39, 0.29) is 17.7 Å². The first-order valence-corrected chi connectivity index (χ1v) is 5.98. The van der Waals surface area contributed by atoms with Gasteiger partial charge in [-0.25, -0.2) is 0 Å². The fourth-order valence-electron chi connectivity index (χ4n) is 1.45. The number of nitro groups is 1. The fourth-order valence-corrected chi connectivity index (χ4v) is 1.61. The van der Waals surface area contributed by atoms with Gasteiger partial charge in [0.1, 0.15) is 0 Å². The van der Waals surface area contributed by atoms with E-state index in [2.05, 4.69) is 5.32 Å². The van der Waals surface area contributed by atoms with Crippen LogP contribution in [0, 0.1) is 15.5 Å². The highest BCUT2D eigenvalue weighted by Crippen LogP contribution is 2.23. The zero-order chi connectivity index (χ0) is 13.8. The Labute approximate surface area is 111 Å². The number of nitrogens with zero attached hydrogens (tertiary/aromatic N) is 1. The van der Waals surface area contributed by atoms with Crippen molar-refractivity contribution >= 4 is 17.3 Å². The molecule has 0 radical (unpaired) electrons. The van der Waals surface area contributed by atoms with Gasteiger partial charge in [0, 0.05) is 41.8 Å². The molecule has 100 valence electrons. The molecule has 0 saturated heterocycles. The van der Waals surface area contributed by atoms with E-state index in [4.69, 9.17) is 16.7 Å². The maximum atomic E-state index is 10.9. The van der Waals surface area contributed by atoms with Gasteiger partial charge in [0.2, 0.25) is 0 Å². The van der Waals surface area contributed by atoms with Crippen LogP contribution >= 0.6 is 11.6 Å². The standard InChI is InChI=1S/C12H17ClN2O3/c1-12(2,8-16)7-14-6-9-3-4-10(13)5-11(9)15(17)18/h3-5,14,16H,6-8H2,1-2H3. The number of rotatable bonds is 6. The highest BCUT2D eigenvalue weighted by atomic mass is 35.5. The van der Waals surface area contributed by atoms with Crippen molar-refractivity contribution in [2.75, 3.05) is 13.2 Å². The normalized spacial score (nSPS) is 11.6. The number of aliphatic hydroxyl groups is 1. The van der Waals surface area contributed by atoms with Crippen LogP contribution in [0.15, 0.2) is 18.2 Å². The summed E-state index contributed by atoms with van der Waals surface area (Å²) in [6.07, 6.45) is 0. The lowest BCUT2D eigenvalue weighted by Crippen LogP contribution is -2.32. The number of hydrogen-bond acceptors (Lipinski definition) is 4. The Morgan fingerprint density at radius 1 is 1.50 bits per heavy atom. The smallest absolute Gasteiger partial charge is 0.275 e. The Bertz CT molecular complexity index is 435. The van der Waals surface area contributed by atoms with Crippen LogP contribution in [0.25, 0.3) is 0 Å². The lowest BCUT2D eigenvalue weighted by atomic mass is 9.95. The van der Waals surface area contributed by atoms with Gasteiger partial charge in [-0.05, 0) is 12.1 Å². The number of benzene rings is 1. The topological polar surface area (TPSA) is 75.4 Å². The maximum Gasteiger partial charge on any atom is 0.275 e. The first-order valence-electron chi connectivity index (χ1n) is 5.60. The summed E-state index contributed by atoms with van der Waals surface area (Å²) in [5.74, 6) is 0. The summed E-state index contributed by atoms with van der Waals surface area (Å²) in [7, 11) is 0. The van der Waals surface area contributed by atoms with Crippen LogP contribution in [0.4, 0.5) is 5.69 Å². The zero-order valence-electron chi connectivity index (χ0n) is 10.4. The van der Waals surface area contributed by atoms with Gasteiger partial charge in [-0.15, -0.1) is 0 Å². The predicted octanol–water partition coefficient (Wildman–Crippen LogP) is 2.36. The molecule has 18 heavy (non-hydrogen) atoms. The average molecular weight is 273 g/mol. The van der Waals surface area contributed by atoms with E-state index in [9.17, 15) is 10.1 Å². The van der Waals surface area contributed by atoms with Gasteiger partial charge in [-0.3, -0.25) is 10.1 Å². The fraction of sp³-hybridized carbons (Fsp3) is 0.500. The second-order valence-corrected chi connectivity index (χ2v) is 5.39. The Morgan fingerprint density at radius 2 is 2.17 bits per heavy atom. The lowest BCUT2D eigenvalue weighted by molar-refractivity contribution is -0.385. The minimum atomic E-state index is -0.444. The molecule has 0 saturated carbocycles. The van der Waals surface area contributed by atoms with Gasteiger partial charge < -0.3 is 10.4 Å². The molecule has 0 aliphatic heterocycles. The molecule has 0 atom stereocenters. The van der Waals surface area contributed by atoms with Gasteiger partial charge in [0.25, 0.3) is 5.69 Å². The third-order valence-electron chi connectivity index (χ3n) is 2.59. The second-order valence-electron chi connectivity index (χ2n) is 4.96. The van der Waals surface area contributed by atoms with Gasteiger partial charge in [0.05, 0.1) is 4.92 Å². The monoisotopic (exact) mass is 272 g/mol. The Morgan fingerprint density at radius 3 is 2.72 bits per heavy atom. The van der Waals surface area contributed by atoms with E-state index in [0.29, 0.717) is 23.7 Å². The summed E-state index contributed by atoms with van der Waals surface area (Å²) in [5, 5.41) is 23.4. The largest absolute Gasteiger partial charge is 0.396 e. The Balaban J connectivity index is 2.70. The third-order valence-corrected chi connectivity index (χ3v) is 2.83. The van der Waals surface area contributed by atoms with Crippen LogP contribution in [0.1, 0.15) is 19.4 Å². The van der Waals surface area contributed by atoms with Crippen LogP contribution in [-0.4, -0.2) is 23.2 Å². The van der Waals surface area contributed by atoms with Crippen molar-refractivity contribution < 1.29 is 10.0 Å². The summed E-state index contributed by atoms with van der Waals surface area (Å²) >= 11 is 5.73. The number of aliphatic hydroxyl groups excluding tert-OH is 1.